The first-order chi connectivity index (χ1) is 13.8. The van der Waals surface area contributed by atoms with Gasteiger partial charge in [0.15, 0.2) is 11.7 Å². The monoisotopic (exact) mass is 411 g/mol. The Balaban J connectivity index is 1.51. The van der Waals surface area contributed by atoms with Gasteiger partial charge in [-0.2, -0.15) is 18.3 Å². The molecule has 29 heavy (non-hydrogen) atoms. The predicted octanol–water partition coefficient (Wildman–Crippen LogP) is 3.58. The van der Waals surface area contributed by atoms with E-state index in [9.17, 15) is 18.0 Å². The topological polar surface area (TPSA) is 76.2 Å². The van der Waals surface area contributed by atoms with Crippen molar-refractivity contribution >= 4 is 11.7 Å². The number of aromatic nitrogens is 3. The number of hydrogen-bond acceptors (Lipinski definition) is 5. The van der Waals surface area contributed by atoms with Crippen LogP contribution in [0.4, 0.5) is 19.0 Å². The van der Waals surface area contributed by atoms with E-state index in [1.54, 1.807) is 24.0 Å². The van der Waals surface area contributed by atoms with Crippen LogP contribution in [-0.2, 0) is 6.42 Å². The molecule has 2 aromatic heterocycles. The maximum Gasteiger partial charge on any atom is 0.410 e. The summed E-state index contributed by atoms with van der Waals surface area (Å²) in [5.41, 5.74) is 0.793. The number of halogens is 3. The Morgan fingerprint density at radius 2 is 2.17 bits per heavy atom. The van der Waals surface area contributed by atoms with Gasteiger partial charge in [-0.15, -0.1) is 0 Å². The average molecular weight is 411 g/mol. The molecule has 1 saturated heterocycles. The van der Waals surface area contributed by atoms with E-state index in [0.717, 1.165) is 17.5 Å². The van der Waals surface area contributed by atoms with Crippen molar-refractivity contribution < 1.29 is 22.5 Å². The lowest BCUT2D eigenvalue weighted by molar-refractivity contribution is -0.174. The van der Waals surface area contributed by atoms with E-state index in [0.29, 0.717) is 36.8 Å². The molecule has 0 spiro atoms. The van der Waals surface area contributed by atoms with Gasteiger partial charge < -0.3 is 14.7 Å². The van der Waals surface area contributed by atoms with Crippen molar-refractivity contribution in [1.82, 2.24) is 19.8 Å². The third-order valence-corrected chi connectivity index (χ3v) is 5.78. The fraction of sp³-hybridized carbons (Fsp3) is 0.632. The zero-order valence-electron chi connectivity index (χ0n) is 16.4. The Morgan fingerprint density at radius 1 is 1.38 bits per heavy atom. The Labute approximate surface area is 166 Å². The molecule has 158 valence electrons. The summed E-state index contributed by atoms with van der Waals surface area (Å²) in [6.45, 7) is 4.54. The zero-order valence-corrected chi connectivity index (χ0v) is 16.4. The normalized spacial score (nSPS) is 24.9. The van der Waals surface area contributed by atoms with Crippen LogP contribution >= 0.6 is 0 Å². The number of likely N-dealkylation sites (tertiary alicyclic amines) is 1. The quantitative estimate of drug-likeness (QED) is 0.836. The lowest BCUT2D eigenvalue weighted by Gasteiger charge is -2.41. The third-order valence-electron chi connectivity index (χ3n) is 5.78. The van der Waals surface area contributed by atoms with Crippen molar-refractivity contribution in [2.45, 2.75) is 57.8 Å². The minimum absolute atomic E-state index is 0.0842. The number of carbonyl (C=O) groups is 1. The van der Waals surface area contributed by atoms with E-state index >= 15 is 0 Å². The largest absolute Gasteiger partial charge is 0.410 e. The van der Waals surface area contributed by atoms with Gasteiger partial charge in [0.1, 0.15) is 11.6 Å². The Morgan fingerprint density at radius 3 is 2.86 bits per heavy atom. The molecule has 1 N–H and O–H groups in total. The number of alkyl halides is 3. The summed E-state index contributed by atoms with van der Waals surface area (Å²) in [6.07, 6.45) is -2.34. The number of nitrogens with one attached hydrogen (secondary N) is 1. The second-order valence-corrected chi connectivity index (χ2v) is 7.84. The molecule has 0 aliphatic carbocycles. The van der Waals surface area contributed by atoms with Crippen LogP contribution < -0.4 is 5.32 Å². The van der Waals surface area contributed by atoms with E-state index in [-0.39, 0.29) is 30.0 Å². The zero-order chi connectivity index (χ0) is 20.8. The van der Waals surface area contributed by atoms with E-state index in [2.05, 4.69) is 15.6 Å². The fourth-order valence-corrected chi connectivity index (χ4v) is 4.30. The highest BCUT2D eigenvalue weighted by molar-refractivity contribution is 5.92. The molecule has 2 aliphatic rings. The van der Waals surface area contributed by atoms with Gasteiger partial charge in [-0.1, -0.05) is 12.1 Å². The van der Waals surface area contributed by atoms with Crippen molar-refractivity contribution in [3.63, 3.8) is 0 Å². The number of carbonyl (C=O) groups excluding carboxylic acids is 1. The molecule has 1 fully saturated rings. The molecule has 3 atom stereocenters. The summed E-state index contributed by atoms with van der Waals surface area (Å²) in [5.74, 6) is 0.697. The highest BCUT2D eigenvalue weighted by atomic mass is 19.4. The van der Waals surface area contributed by atoms with Crippen molar-refractivity contribution in [3.8, 4) is 0 Å². The number of hydrogen-bond donors (Lipinski definition) is 1. The summed E-state index contributed by atoms with van der Waals surface area (Å²) in [7, 11) is 0. The second kappa shape index (κ2) is 7.38. The number of anilines is 1. The van der Waals surface area contributed by atoms with Gasteiger partial charge in [0.25, 0.3) is 5.91 Å². The van der Waals surface area contributed by atoms with Gasteiger partial charge in [-0.05, 0) is 32.1 Å². The standard InChI is InChI=1S/C19H24F3N5O2/c1-3-13-8-15(25-29-13)18(28)26-6-4-5-12(10-26)14-9-16(19(20,21)22)27-17(23-14)7-11(2)24-27/h7-8,12,14,16,23H,3-6,9-10H2,1-2H3/t12?,14-,16+/m0/s1. The summed E-state index contributed by atoms with van der Waals surface area (Å²) in [4.78, 5) is 14.4. The molecule has 2 aromatic rings. The number of nitrogens with zero attached hydrogens (tertiary/aromatic N) is 4. The van der Waals surface area contributed by atoms with Crippen LogP contribution in [0.2, 0.25) is 0 Å². The van der Waals surface area contributed by atoms with Crippen LogP contribution in [0, 0.1) is 12.8 Å². The third kappa shape index (κ3) is 3.84. The summed E-state index contributed by atoms with van der Waals surface area (Å²) < 4.78 is 47.1. The maximum absolute atomic E-state index is 13.7. The van der Waals surface area contributed by atoms with Crippen molar-refractivity contribution in [3.05, 3.63) is 29.3 Å². The van der Waals surface area contributed by atoms with E-state index in [4.69, 9.17) is 4.52 Å². The SMILES string of the molecule is CCc1cc(C(=O)N2CCCC([C@@H]3C[C@H](C(F)(F)F)n4nc(C)cc4N3)C2)no1. The highest BCUT2D eigenvalue weighted by Gasteiger charge is 2.48. The second-order valence-electron chi connectivity index (χ2n) is 7.84. The molecule has 4 heterocycles. The maximum atomic E-state index is 13.7. The number of piperidine rings is 1. The molecule has 7 nitrogen and oxygen atoms in total. The van der Waals surface area contributed by atoms with E-state index in [1.165, 1.54) is 0 Å². The lowest BCUT2D eigenvalue weighted by atomic mass is 9.85. The van der Waals surface area contributed by atoms with E-state index < -0.39 is 12.2 Å². The van der Waals surface area contributed by atoms with Crippen LogP contribution in [0.1, 0.15) is 54.2 Å². The van der Waals surface area contributed by atoms with Crippen LogP contribution in [0.15, 0.2) is 16.7 Å². The van der Waals surface area contributed by atoms with Gasteiger partial charge in [0.2, 0.25) is 0 Å². The van der Waals surface area contributed by atoms with Crippen LogP contribution in [0.5, 0.6) is 0 Å². The first kappa shape index (κ1) is 19.8. The average Bonchev–Trinajstić information content (AvgIpc) is 3.31. The molecule has 2 aliphatic heterocycles. The van der Waals surface area contributed by atoms with Crippen LogP contribution in [0.3, 0.4) is 0 Å². The molecular formula is C19H24F3N5O2. The molecule has 4 rings (SSSR count). The number of rotatable bonds is 3. The van der Waals surface area contributed by atoms with Crippen LogP contribution in [-0.4, -0.2) is 51.1 Å². The van der Waals surface area contributed by atoms with Crippen LogP contribution in [0.25, 0.3) is 0 Å². The van der Waals surface area contributed by atoms with Gasteiger partial charge in [0, 0.05) is 37.7 Å². The molecule has 0 aromatic carbocycles. The smallest absolute Gasteiger partial charge is 0.367 e. The van der Waals surface area contributed by atoms with Crippen molar-refractivity contribution in [2.24, 2.45) is 5.92 Å². The summed E-state index contributed by atoms with van der Waals surface area (Å²) >= 11 is 0. The summed E-state index contributed by atoms with van der Waals surface area (Å²) in [5, 5.41) is 11.1. The molecule has 0 saturated carbocycles. The first-order valence-corrected chi connectivity index (χ1v) is 9.90. The fourth-order valence-electron chi connectivity index (χ4n) is 4.30. The molecule has 0 bridgehead atoms. The number of aryl methyl sites for hydroxylation is 2. The molecular weight excluding hydrogens is 387 g/mol. The molecule has 1 amide bonds. The Hall–Kier alpha value is -2.52. The minimum atomic E-state index is -4.38. The lowest BCUT2D eigenvalue weighted by Crippen LogP contribution is -2.49. The Bertz CT molecular complexity index is 891. The highest BCUT2D eigenvalue weighted by Crippen LogP contribution is 2.42. The van der Waals surface area contributed by atoms with Crippen molar-refractivity contribution in [1.29, 1.82) is 0 Å². The van der Waals surface area contributed by atoms with Gasteiger partial charge in [0.05, 0.1) is 5.69 Å². The van der Waals surface area contributed by atoms with Gasteiger partial charge in [-0.3, -0.25) is 4.79 Å². The molecule has 10 heteroatoms. The first-order valence-electron chi connectivity index (χ1n) is 9.90. The van der Waals surface area contributed by atoms with Gasteiger partial charge in [-0.25, -0.2) is 4.68 Å². The summed E-state index contributed by atoms with van der Waals surface area (Å²) in [6, 6.07) is 1.22. The molecule has 1 unspecified atom stereocenters. The minimum Gasteiger partial charge on any atom is -0.367 e. The van der Waals surface area contributed by atoms with Gasteiger partial charge >= 0.3 is 6.18 Å². The predicted molar refractivity (Wildman–Crippen MR) is 98.6 cm³/mol. The Kier molecular flexibility index (Phi) is 5.04. The van der Waals surface area contributed by atoms with Crippen molar-refractivity contribution in [2.75, 3.05) is 18.4 Å². The molecule has 0 radical (unpaired) electrons. The number of amides is 1. The number of fused-ring (bicyclic) bond motifs is 1. The van der Waals surface area contributed by atoms with E-state index in [1.807, 2.05) is 6.92 Å².